The Hall–Kier alpha value is -2.83. The molecule has 0 saturated carbocycles. The fraction of sp³-hybridized carbons (Fsp3) is 0.385. The molecule has 1 aromatic heterocycles. The largest absolute Gasteiger partial charge is 0.476 e. The molecule has 3 rings (SSSR count). The van der Waals surface area contributed by atoms with Gasteiger partial charge in [-0.3, -0.25) is 0 Å². The van der Waals surface area contributed by atoms with Gasteiger partial charge in [0.15, 0.2) is 5.60 Å². The van der Waals surface area contributed by atoms with Crippen LogP contribution in [0.1, 0.15) is 51.4 Å². The van der Waals surface area contributed by atoms with Crippen LogP contribution in [-0.4, -0.2) is 27.0 Å². The Kier molecular flexibility index (Phi) is 7.50. The molecule has 0 atom stereocenters. The van der Waals surface area contributed by atoms with E-state index in [2.05, 4.69) is 10.4 Å². The number of aromatic nitrogens is 2. The lowest BCUT2D eigenvalue weighted by atomic mass is 10.1. The van der Waals surface area contributed by atoms with E-state index in [4.69, 9.17) is 21.1 Å². The predicted molar refractivity (Wildman–Crippen MR) is 131 cm³/mol. The van der Waals surface area contributed by atoms with Crippen molar-refractivity contribution < 1.29 is 14.3 Å². The molecule has 0 radical (unpaired) electrons. The van der Waals surface area contributed by atoms with Crippen LogP contribution < -0.4 is 10.1 Å². The third kappa shape index (κ3) is 7.07. The number of hydrogen-bond acceptors (Lipinski definition) is 5. The van der Waals surface area contributed by atoms with E-state index in [1.54, 1.807) is 13.8 Å². The highest BCUT2D eigenvalue weighted by Gasteiger charge is 2.34. The number of nitrogens with zero attached hydrogens (tertiary/aromatic N) is 2. The highest BCUT2D eigenvalue weighted by atomic mass is 35.5. The standard InChI is InChI=1S/C26H32ClN3O3/c1-18-20(17-30(29-18)22-11-9-21(27)10-12-22)16-28-15-19-7-13-23(14-8-19)32-26(5,6)24(31)33-25(2,3)4/h7-14,17,28H,15-16H2,1-6H3. The molecule has 0 bridgehead atoms. The van der Waals surface area contributed by atoms with E-state index < -0.39 is 17.2 Å². The number of esters is 1. The monoisotopic (exact) mass is 469 g/mol. The molecule has 0 amide bonds. The summed E-state index contributed by atoms with van der Waals surface area (Å²) in [6.45, 7) is 12.3. The van der Waals surface area contributed by atoms with E-state index in [0.717, 1.165) is 22.5 Å². The van der Waals surface area contributed by atoms with Crippen molar-refractivity contribution in [1.82, 2.24) is 15.1 Å². The van der Waals surface area contributed by atoms with Gasteiger partial charge in [0.2, 0.25) is 0 Å². The van der Waals surface area contributed by atoms with E-state index in [0.29, 0.717) is 23.9 Å². The minimum Gasteiger partial charge on any atom is -0.476 e. The quantitative estimate of drug-likeness (QED) is 0.433. The minimum absolute atomic E-state index is 0.393. The van der Waals surface area contributed by atoms with Crippen molar-refractivity contribution in [2.75, 3.05) is 0 Å². The number of halogens is 1. The Labute approximate surface area is 200 Å². The molecule has 176 valence electrons. The van der Waals surface area contributed by atoms with Crippen molar-refractivity contribution in [3.63, 3.8) is 0 Å². The van der Waals surface area contributed by atoms with Gasteiger partial charge >= 0.3 is 5.97 Å². The second-order valence-electron chi connectivity index (χ2n) is 9.52. The normalized spacial score (nSPS) is 12.0. The highest BCUT2D eigenvalue weighted by molar-refractivity contribution is 6.30. The van der Waals surface area contributed by atoms with Crippen LogP contribution in [0.25, 0.3) is 5.69 Å². The first-order chi connectivity index (χ1) is 15.4. The maximum atomic E-state index is 12.4. The van der Waals surface area contributed by atoms with Gasteiger partial charge in [0.25, 0.3) is 0 Å². The van der Waals surface area contributed by atoms with Gasteiger partial charge in [-0.05, 0) is 83.5 Å². The summed E-state index contributed by atoms with van der Waals surface area (Å²) in [6, 6.07) is 15.3. The molecule has 1 N–H and O–H groups in total. The zero-order valence-corrected chi connectivity index (χ0v) is 20.9. The van der Waals surface area contributed by atoms with E-state index >= 15 is 0 Å². The Morgan fingerprint density at radius 2 is 1.64 bits per heavy atom. The van der Waals surface area contributed by atoms with Crippen molar-refractivity contribution in [2.24, 2.45) is 0 Å². The van der Waals surface area contributed by atoms with E-state index in [-0.39, 0.29) is 0 Å². The molecule has 0 unspecified atom stereocenters. The average molecular weight is 470 g/mol. The molecule has 0 saturated heterocycles. The summed E-state index contributed by atoms with van der Waals surface area (Å²) < 4.78 is 13.2. The summed E-state index contributed by atoms with van der Waals surface area (Å²) in [7, 11) is 0. The van der Waals surface area contributed by atoms with Crippen LogP contribution in [-0.2, 0) is 22.6 Å². The number of ether oxygens (including phenoxy) is 2. The van der Waals surface area contributed by atoms with Gasteiger partial charge in [0.05, 0.1) is 11.4 Å². The van der Waals surface area contributed by atoms with Crippen LogP contribution in [0, 0.1) is 6.92 Å². The van der Waals surface area contributed by atoms with Gasteiger partial charge in [-0.25, -0.2) is 9.48 Å². The van der Waals surface area contributed by atoms with Crippen molar-refractivity contribution >= 4 is 17.6 Å². The van der Waals surface area contributed by atoms with Crippen LogP contribution in [0.2, 0.25) is 5.02 Å². The van der Waals surface area contributed by atoms with Crippen LogP contribution >= 0.6 is 11.6 Å². The lowest BCUT2D eigenvalue weighted by Gasteiger charge is -2.29. The summed E-state index contributed by atoms with van der Waals surface area (Å²) in [6.07, 6.45) is 2.03. The van der Waals surface area contributed by atoms with Crippen molar-refractivity contribution in [3.8, 4) is 11.4 Å². The zero-order valence-electron chi connectivity index (χ0n) is 20.1. The summed E-state index contributed by atoms with van der Waals surface area (Å²) in [5, 5.41) is 8.76. The van der Waals surface area contributed by atoms with Crippen molar-refractivity contribution in [3.05, 3.63) is 76.6 Å². The maximum absolute atomic E-state index is 12.4. The summed E-state index contributed by atoms with van der Waals surface area (Å²) in [4.78, 5) is 12.4. The van der Waals surface area contributed by atoms with E-state index in [9.17, 15) is 4.79 Å². The smallest absolute Gasteiger partial charge is 0.350 e. The number of carbonyl (C=O) groups is 1. The van der Waals surface area contributed by atoms with E-state index in [1.807, 2.05) is 87.1 Å². The lowest BCUT2D eigenvalue weighted by Crippen LogP contribution is -2.43. The maximum Gasteiger partial charge on any atom is 0.350 e. The SMILES string of the molecule is Cc1nn(-c2ccc(Cl)cc2)cc1CNCc1ccc(OC(C)(C)C(=O)OC(C)(C)C)cc1. The van der Waals surface area contributed by atoms with Crippen LogP contribution in [0.4, 0.5) is 0 Å². The fourth-order valence-electron chi connectivity index (χ4n) is 3.15. The number of carbonyl (C=O) groups excluding carboxylic acids is 1. The summed E-state index contributed by atoms with van der Waals surface area (Å²) in [5.74, 6) is 0.227. The summed E-state index contributed by atoms with van der Waals surface area (Å²) >= 11 is 5.97. The topological polar surface area (TPSA) is 65.4 Å². The number of benzene rings is 2. The third-order valence-electron chi connectivity index (χ3n) is 4.92. The number of aryl methyl sites for hydroxylation is 1. The average Bonchev–Trinajstić information content (AvgIpc) is 3.09. The molecule has 2 aromatic carbocycles. The van der Waals surface area contributed by atoms with Crippen LogP contribution in [0.3, 0.4) is 0 Å². The molecular weight excluding hydrogens is 438 g/mol. The Bertz CT molecular complexity index is 1080. The fourth-order valence-corrected chi connectivity index (χ4v) is 3.28. The van der Waals surface area contributed by atoms with Gasteiger partial charge in [-0.15, -0.1) is 0 Å². The Morgan fingerprint density at radius 3 is 2.24 bits per heavy atom. The molecule has 7 heteroatoms. The Balaban J connectivity index is 1.54. The second-order valence-corrected chi connectivity index (χ2v) is 9.96. The molecule has 6 nitrogen and oxygen atoms in total. The highest BCUT2D eigenvalue weighted by Crippen LogP contribution is 2.22. The van der Waals surface area contributed by atoms with Crippen molar-refractivity contribution in [1.29, 1.82) is 0 Å². The molecule has 0 spiro atoms. The van der Waals surface area contributed by atoms with Gasteiger partial charge < -0.3 is 14.8 Å². The minimum atomic E-state index is -1.07. The molecule has 0 fully saturated rings. The molecular formula is C26H32ClN3O3. The molecule has 0 aliphatic rings. The van der Waals surface area contributed by atoms with Gasteiger partial charge in [0.1, 0.15) is 11.4 Å². The first-order valence-corrected chi connectivity index (χ1v) is 11.3. The second kappa shape index (κ2) is 9.98. The number of rotatable bonds is 8. The molecule has 0 aliphatic heterocycles. The predicted octanol–water partition coefficient (Wildman–Crippen LogP) is 5.62. The molecule has 1 heterocycles. The van der Waals surface area contributed by atoms with Crippen molar-refractivity contribution in [2.45, 2.75) is 65.8 Å². The first-order valence-electron chi connectivity index (χ1n) is 11.0. The first kappa shape index (κ1) is 24.8. The van der Waals surface area contributed by atoms with Gasteiger partial charge in [-0.2, -0.15) is 5.10 Å². The molecule has 3 aromatic rings. The molecule has 0 aliphatic carbocycles. The Morgan fingerprint density at radius 1 is 1.00 bits per heavy atom. The van der Waals surface area contributed by atoms with Gasteiger partial charge in [-0.1, -0.05) is 23.7 Å². The van der Waals surface area contributed by atoms with E-state index in [1.165, 1.54) is 0 Å². The molecule has 33 heavy (non-hydrogen) atoms. The number of nitrogens with one attached hydrogen (secondary N) is 1. The van der Waals surface area contributed by atoms with Crippen LogP contribution in [0.5, 0.6) is 5.75 Å². The zero-order chi connectivity index (χ0) is 24.2. The lowest BCUT2D eigenvalue weighted by molar-refractivity contribution is -0.170. The summed E-state index contributed by atoms with van der Waals surface area (Å²) in [5.41, 5.74) is 2.56. The van der Waals surface area contributed by atoms with Crippen LogP contribution in [0.15, 0.2) is 54.7 Å². The van der Waals surface area contributed by atoms with Gasteiger partial charge in [0, 0.05) is 29.9 Å². The number of hydrogen-bond donors (Lipinski definition) is 1. The third-order valence-corrected chi connectivity index (χ3v) is 5.18.